The molecule has 0 amide bonds. The monoisotopic (exact) mass is 426 g/mol. The number of hydrogen-bond acceptors (Lipinski definition) is 0. The molecular formula is C16H6F12. The standard InChI is InChI=1S/C16H6F12/c17-13(18,19)9-1-7(2-10(5-9)14(20,21)22)8-3-11(15(23,24)25)6-12(4-8)16(26,27)28/h1-6H. The van der Waals surface area contributed by atoms with E-state index in [-0.39, 0.29) is 36.4 Å². The summed E-state index contributed by atoms with van der Waals surface area (Å²) in [6.07, 6.45) is -21.3. The lowest BCUT2D eigenvalue weighted by Gasteiger charge is -2.17. The lowest BCUT2D eigenvalue weighted by Crippen LogP contribution is -2.12. The van der Waals surface area contributed by atoms with Gasteiger partial charge in [0.15, 0.2) is 0 Å². The van der Waals surface area contributed by atoms with Crippen molar-refractivity contribution in [2.75, 3.05) is 0 Å². The molecule has 0 N–H and O–H groups in total. The molecule has 2 aromatic carbocycles. The van der Waals surface area contributed by atoms with Crippen molar-refractivity contribution in [2.45, 2.75) is 24.7 Å². The van der Waals surface area contributed by atoms with Gasteiger partial charge in [-0.05, 0) is 47.5 Å². The highest BCUT2D eigenvalue weighted by Crippen LogP contribution is 2.42. The Kier molecular flexibility index (Phi) is 5.15. The van der Waals surface area contributed by atoms with Gasteiger partial charge in [0.25, 0.3) is 0 Å². The first-order chi connectivity index (χ1) is 12.4. The van der Waals surface area contributed by atoms with Crippen LogP contribution in [-0.2, 0) is 24.7 Å². The van der Waals surface area contributed by atoms with Crippen molar-refractivity contribution in [3.63, 3.8) is 0 Å². The Morgan fingerprint density at radius 1 is 0.321 bits per heavy atom. The fraction of sp³-hybridized carbons (Fsp3) is 0.250. The Morgan fingerprint density at radius 2 is 0.500 bits per heavy atom. The molecule has 0 aliphatic heterocycles. The van der Waals surface area contributed by atoms with Crippen LogP contribution in [0.2, 0.25) is 0 Å². The summed E-state index contributed by atoms with van der Waals surface area (Å²) in [5, 5.41) is 0. The second kappa shape index (κ2) is 6.59. The summed E-state index contributed by atoms with van der Waals surface area (Å²) in [5.41, 5.74) is -9.68. The van der Waals surface area contributed by atoms with Gasteiger partial charge in [-0.1, -0.05) is 0 Å². The molecule has 2 aromatic rings. The zero-order chi connectivity index (χ0) is 21.7. The van der Waals surface area contributed by atoms with Gasteiger partial charge in [-0.25, -0.2) is 0 Å². The van der Waals surface area contributed by atoms with Crippen LogP contribution in [0.1, 0.15) is 22.3 Å². The molecule has 0 aromatic heterocycles. The highest BCUT2D eigenvalue weighted by atomic mass is 19.4. The van der Waals surface area contributed by atoms with Gasteiger partial charge in [-0.15, -0.1) is 0 Å². The second-order valence-corrected chi connectivity index (χ2v) is 5.59. The summed E-state index contributed by atoms with van der Waals surface area (Å²) in [7, 11) is 0. The zero-order valence-corrected chi connectivity index (χ0v) is 13.0. The number of alkyl halides is 12. The fourth-order valence-electron chi connectivity index (χ4n) is 2.24. The minimum atomic E-state index is -5.31. The summed E-state index contributed by atoms with van der Waals surface area (Å²) in [5.74, 6) is 0. The molecule has 0 saturated carbocycles. The second-order valence-electron chi connectivity index (χ2n) is 5.59. The number of rotatable bonds is 1. The van der Waals surface area contributed by atoms with Crippen LogP contribution in [0.3, 0.4) is 0 Å². The first-order valence-corrected chi connectivity index (χ1v) is 6.98. The molecule has 2 rings (SSSR count). The molecular weight excluding hydrogens is 420 g/mol. The third-order valence-corrected chi connectivity index (χ3v) is 3.51. The van der Waals surface area contributed by atoms with Crippen molar-refractivity contribution in [3.05, 3.63) is 58.7 Å². The van der Waals surface area contributed by atoms with Gasteiger partial charge >= 0.3 is 24.7 Å². The summed E-state index contributed by atoms with van der Waals surface area (Å²) in [6.45, 7) is 0. The van der Waals surface area contributed by atoms with E-state index in [0.717, 1.165) is 0 Å². The van der Waals surface area contributed by atoms with E-state index in [2.05, 4.69) is 0 Å². The molecule has 0 bridgehead atoms. The summed E-state index contributed by atoms with van der Waals surface area (Å²) in [6, 6.07) is -0.394. The van der Waals surface area contributed by atoms with Gasteiger partial charge in [0.05, 0.1) is 22.3 Å². The van der Waals surface area contributed by atoms with Gasteiger partial charge in [0.2, 0.25) is 0 Å². The third-order valence-electron chi connectivity index (χ3n) is 3.51. The Hall–Kier alpha value is -2.40. The molecule has 0 unspecified atom stereocenters. The molecule has 0 radical (unpaired) electrons. The Morgan fingerprint density at radius 3 is 0.643 bits per heavy atom. The Labute approximate surface area is 148 Å². The quantitative estimate of drug-likeness (QED) is 0.416. The van der Waals surface area contributed by atoms with Crippen LogP contribution >= 0.6 is 0 Å². The topological polar surface area (TPSA) is 0 Å². The van der Waals surface area contributed by atoms with Crippen molar-refractivity contribution < 1.29 is 52.7 Å². The van der Waals surface area contributed by atoms with Gasteiger partial charge in [0, 0.05) is 0 Å². The van der Waals surface area contributed by atoms with Gasteiger partial charge < -0.3 is 0 Å². The van der Waals surface area contributed by atoms with Crippen LogP contribution < -0.4 is 0 Å². The van der Waals surface area contributed by atoms with Crippen LogP contribution in [-0.4, -0.2) is 0 Å². The molecule has 28 heavy (non-hydrogen) atoms. The van der Waals surface area contributed by atoms with Crippen LogP contribution in [0.5, 0.6) is 0 Å². The summed E-state index contributed by atoms with van der Waals surface area (Å²) >= 11 is 0. The molecule has 0 saturated heterocycles. The largest absolute Gasteiger partial charge is 0.416 e. The van der Waals surface area contributed by atoms with E-state index in [9.17, 15) is 52.7 Å². The SMILES string of the molecule is FC(F)(F)c1cc(-c2cc(C(F)(F)F)cc(C(F)(F)F)c2)cc(C(F)(F)F)c1. The molecule has 0 atom stereocenters. The Balaban J connectivity index is 2.83. The van der Waals surface area contributed by atoms with Crippen molar-refractivity contribution in [1.82, 2.24) is 0 Å². The van der Waals surface area contributed by atoms with E-state index in [4.69, 9.17) is 0 Å². The zero-order valence-electron chi connectivity index (χ0n) is 13.0. The maximum absolute atomic E-state index is 12.9. The van der Waals surface area contributed by atoms with E-state index >= 15 is 0 Å². The third kappa shape index (κ3) is 4.90. The van der Waals surface area contributed by atoms with Crippen LogP contribution in [0.15, 0.2) is 36.4 Å². The van der Waals surface area contributed by atoms with E-state index in [1.54, 1.807) is 0 Å². The molecule has 0 fully saturated rings. The van der Waals surface area contributed by atoms with Crippen molar-refractivity contribution in [1.29, 1.82) is 0 Å². The molecule has 0 heterocycles. The lowest BCUT2D eigenvalue weighted by atomic mass is 9.95. The fourth-order valence-corrected chi connectivity index (χ4v) is 2.24. The maximum Gasteiger partial charge on any atom is 0.416 e. The predicted molar refractivity (Wildman–Crippen MR) is 71.9 cm³/mol. The van der Waals surface area contributed by atoms with E-state index < -0.39 is 58.1 Å². The summed E-state index contributed by atoms with van der Waals surface area (Å²) in [4.78, 5) is 0. The molecule has 0 nitrogen and oxygen atoms in total. The average molecular weight is 426 g/mol. The van der Waals surface area contributed by atoms with Crippen molar-refractivity contribution in [2.24, 2.45) is 0 Å². The maximum atomic E-state index is 12.9. The van der Waals surface area contributed by atoms with E-state index in [1.807, 2.05) is 0 Å². The highest BCUT2D eigenvalue weighted by molar-refractivity contribution is 5.68. The smallest absolute Gasteiger partial charge is 0.166 e. The molecule has 0 aliphatic rings. The van der Waals surface area contributed by atoms with Crippen LogP contribution in [0, 0.1) is 0 Å². The normalized spacial score (nSPS) is 13.7. The number of hydrogen-bond donors (Lipinski definition) is 0. The van der Waals surface area contributed by atoms with Crippen LogP contribution in [0.25, 0.3) is 11.1 Å². The van der Waals surface area contributed by atoms with Gasteiger partial charge in [-0.3, -0.25) is 0 Å². The molecule has 0 aliphatic carbocycles. The van der Waals surface area contributed by atoms with Gasteiger partial charge in [-0.2, -0.15) is 52.7 Å². The van der Waals surface area contributed by atoms with Crippen molar-refractivity contribution in [3.8, 4) is 11.1 Å². The predicted octanol–water partition coefficient (Wildman–Crippen LogP) is 7.43. The van der Waals surface area contributed by atoms with E-state index in [1.165, 1.54) is 0 Å². The lowest BCUT2D eigenvalue weighted by molar-refractivity contribution is -0.144. The van der Waals surface area contributed by atoms with Crippen molar-refractivity contribution >= 4 is 0 Å². The molecule has 12 heteroatoms. The highest BCUT2D eigenvalue weighted by Gasteiger charge is 2.39. The number of halogens is 12. The van der Waals surface area contributed by atoms with Crippen LogP contribution in [0.4, 0.5) is 52.7 Å². The molecule has 154 valence electrons. The summed E-state index contributed by atoms with van der Waals surface area (Å²) < 4.78 is 154. The minimum absolute atomic E-state index is 0.0465. The first kappa shape index (κ1) is 21.9. The van der Waals surface area contributed by atoms with Gasteiger partial charge in [0.1, 0.15) is 0 Å². The Bertz CT molecular complexity index is 727. The average Bonchev–Trinajstić information content (AvgIpc) is 2.50. The first-order valence-electron chi connectivity index (χ1n) is 6.98. The molecule has 0 spiro atoms. The van der Waals surface area contributed by atoms with E-state index in [0.29, 0.717) is 0 Å². The number of benzene rings is 2. The minimum Gasteiger partial charge on any atom is -0.166 e.